The molecule has 6 nitrogen and oxygen atoms in total. The highest BCUT2D eigenvalue weighted by Gasteiger charge is 2.19. The number of allylic oxidation sites excluding steroid dienone is 14. The smallest absolute Gasteiger partial charge is 0.306 e. The van der Waals surface area contributed by atoms with Gasteiger partial charge in [-0.3, -0.25) is 14.4 Å². The Balaban J connectivity index is 4.29. The fourth-order valence-corrected chi connectivity index (χ4v) is 8.41. The van der Waals surface area contributed by atoms with Crippen molar-refractivity contribution in [2.24, 2.45) is 0 Å². The van der Waals surface area contributed by atoms with Gasteiger partial charge in [0.25, 0.3) is 0 Å². The van der Waals surface area contributed by atoms with Crippen LogP contribution in [0.1, 0.15) is 290 Å². The average Bonchev–Trinajstić information content (AvgIpc) is 3.37. The van der Waals surface area contributed by atoms with Crippen molar-refractivity contribution in [2.75, 3.05) is 13.2 Å². The number of carbonyl (C=O) groups is 3. The lowest BCUT2D eigenvalue weighted by Crippen LogP contribution is -2.30. The van der Waals surface area contributed by atoms with Crippen LogP contribution in [0.5, 0.6) is 0 Å². The van der Waals surface area contributed by atoms with Gasteiger partial charge in [0.05, 0.1) is 0 Å². The zero-order chi connectivity index (χ0) is 51.4. The number of unbranched alkanes of at least 4 members (excludes halogenated alkanes) is 29. The molecule has 0 fully saturated rings. The third kappa shape index (κ3) is 57.4. The van der Waals surface area contributed by atoms with Gasteiger partial charge in [0.2, 0.25) is 0 Å². The molecule has 0 aromatic carbocycles. The molecule has 0 heterocycles. The average molecular weight is 990 g/mol. The van der Waals surface area contributed by atoms with Gasteiger partial charge in [-0.15, -0.1) is 0 Å². The van der Waals surface area contributed by atoms with Crippen molar-refractivity contribution in [3.8, 4) is 0 Å². The van der Waals surface area contributed by atoms with Gasteiger partial charge in [-0.05, 0) is 109 Å². The Morgan fingerprint density at radius 3 is 0.887 bits per heavy atom. The van der Waals surface area contributed by atoms with E-state index in [4.69, 9.17) is 14.2 Å². The molecule has 0 aromatic heterocycles. The summed E-state index contributed by atoms with van der Waals surface area (Å²) in [4.78, 5) is 38.2. The van der Waals surface area contributed by atoms with Gasteiger partial charge in [0, 0.05) is 19.3 Å². The van der Waals surface area contributed by atoms with Crippen molar-refractivity contribution < 1.29 is 28.6 Å². The predicted octanol–water partition coefficient (Wildman–Crippen LogP) is 20.3. The molecule has 1 atom stereocenters. The lowest BCUT2D eigenvalue weighted by Gasteiger charge is -2.18. The largest absolute Gasteiger partial charge is 0.462 e. The molecule has 0 aliphatic heterocycles. The second-order valence-electron chi connectivity index (χ2n) is 19.8. The zero-order valence-electron chi connectivity index (χ0n) is 46.7. The van der Waals surface area contributed by atoms with E-state index in [-0.39, 0.29) is 31.1 Å². The summed E-state index contributed by atoms with van der Waals surface area (Å²) < 4.78 is 16.8. The molecular formula is C65H112O6. The van der Waals surface area contributed by atoms with Crippen LogP contribution >= 0.6 is 0 Å². The summed E-state index contributed by atoms with van der Waals surface area (Å²) in [5, 5.41) is 0. The van der Waals surface area contributed by atoms with E-state index in [1.807, 2.05) is 0 Å². The van der Waals surface area contributed by atoms with Crippen LogP contribution in [0.2, 0.25) is 0 Å². The number of esters is 3. The molecule has 0 radical (unpaired) electrons. The minimum atomic E-state index is -0.798. The maximum atomic E-state index is 12.8. The number of hydrogen-bond acceptors (Lipinski definition) is 6. The number of carbonyl (C=O) groups excluding carboxylic acids is 3. The van der Waals surface area contributed by atoms with Gasteiger partial charge in [0.1, 0.15) is 13.2 Å². The lowest BCUT2D eigenvalue weighted by molar-refractivity contribution is -0.167. The summed E-state index contributed by atoms with van der Waals surface area (Å²) >= 11 is 0. The topological polar surface area (TPSA) is 78.9 Å². The van der Waals surface area contributed by atoms with Crippen molar-refractivity contribution >= 4 is 17.9 Å². The maximum absolute atomic E-state index is 12.8. The van der Waals surface area contributed by atoms with Crippen LogP contribution in [-0.4, -0.2) is 37.2 Å². The molecule has 1 unspecified atom stereocenters. The van der Waals surface area contributed by atoms with Crippen molar-refractivity contribution in [3.63, 3.8) is 0 Å². The van der Waals surface area contributed by atoms with E-state index in [0.717, 1.165) is 122 Å². The zero-order valence-corrected chi connectivity index (χ0v) is 46.7. The second kappa shape index (κ2) is 59.2. The van der Waals surface area contributed by atoms with E-state index in [2.05, 4.69) is 106 Å². The highest BCUT2D eigenvalue weighted by atomic mass is 16.6. The van der Waals surface area contributed by atoms with Crippen molar-refractivity contribution in [1.29, 1.82) is 0 Å². The van der Waals surface area contributed by atoms with Crippen LogP contribution in [0.3, 0.4) is 0 Å². The van der Waals surface area contributed by atoms with Crippen molar-refractivity contribution in [3.05, 3.63) is 85.1 Å². The molecular weight excluding hydrogens is 877 g/mol. The van der Waals surface area contributed by atoms with Crippen LogP contribution in [0.4, 0.5) is 0 Å². The molecule has 0 bridgehead atoms. The first-order chi connectivity index (χ1) is 35.0. The SMILES string of the molecule is CC/C=C\C/C=C\C/C=C\CCCCCCCC(=O)OC(COC(=O)CCCCC/C=C\C/C=C\C/C=C\CC)COC(=O)CCCCCCCCCCCCCCC/C=C\CCCCCCCCCC. The first-order valence-electron chi connectivity index (χ1n) is 30.1. The molecule has 0 saturated heterocycles. The molecule has 0 spiro atoms. The Labute approximate surface area is 439 Å². The van der Waals surface area contributed by atoms with Crippen molar-refractivity contribution in [1.82, 2.24) is 0 Å². The van der Waals surface area contributed by atoms with Gasteiger partial charge < -0.3 is 14.2 Å². The van der Waals surface area contributed by atoms with Crippen molar-refractivity contribution in [2.45, 2.75) is 297 Å². The highest BCUT2D eigenvalue weighted by molar-refractivity contribution is 5.71. The first-order valence-corrected chi connectivity index (χ1v) is 30.1. The van der Waals surface area contributed by atoms with Gasteiger partial charge >= 0.3 is 17.9 Å². The normalized spacial score (nSPS) is 12.7. The number of hydrogen-bond donors (Lipinski definition) is 0. The second-order valence-corrected chi connectivity index (χ2v) is 19.8. The molecule has 0 saturated carbocycles. The molecule has 0 N–H and O–H groups in total. The fourth-order valence-electron chi connectivity index (χ4n) is 8.41. The Hall–Kier alpha value is -3.41. The summed E-state index contributed by atoms with van der Waals surface area (Å²) in [6.45, 7) is 6.39. The summed E-state index contributed by atoms with van der Waals surface area (Å²) in [6.07, 6.45) is 77.4. The molecule has 6 heteroatoms. The lowest BCUT2D eigenvalue weighted by atomic mass is 10.0. The third-order valence-corrected chi connectivity index (χ3v) is 12.9. The van der Waals surface area contributed by atoms with Gasteiger partial charge in [-0.1, -0.05) is 247 Å². The molecule has 0 aliphatic rings. The van der Waals surface area contributed by atoms with E-state index in [1.165, 1.54) is 128 Å². The van der Waals surface area contributed by atoms with Gasteiger partial charge in [0.15, 0.2) is 6.10 Å². The Morgan fingerprint density at radius 2 is 0.549 bits per heavy atom. The third-order valence-electron chi connectivity index (χ3n) is 12.9. The van der Waals surface area contributed by atoms with E-state index >= 15 is 0 Å². The van der Waals surface area contributed by atoms with Crippen LogP contribution in [0.15, 0.2) is 85.1 Å². The minimum Gasteiger partial charge on any atom is -0.462 e. The van der Waals surface area contributed by atoms with E-state index < -0.39 is 6.10 Å². The summed E-state index contributed by atoms with van der Waals surface area (Å²) in [5.41, 5.74) is 0. The van der Waals surface area contributed by atoms with Gasteiger partial charge in [-0.2, -0.15) is 0 Å². The standard InChI is InChI=1S/C65H112O6/c1-4-7-10-13-16-19-22-25-27-28-29-30-31-32-33-34-35-36-38-40-43-46-49-52-55-58-64(67)70-61-62(60-69-63(66)57-54-51-48-45-42-39-24-21-18-15-12-9-6-3)71-65(68)59-56-53-50-47-44-41-37-26-23-20-17-14-11-8-5-2/h8-9,11-12,17-18,20-21,26,28-29,37,39,42,62H,4-7,10,13-16,19,22-25,27,30-36,38,40-41,43-61H2,1-3H3/b11-8-,12-9-,20-17-,21-18-,29-28-,37-26-,42-39-. The monoisotopic (exact) mass is 989 g/mol. The maximum Gasteiger partial charge on any atom is 0.306 e. The molecule has 0 aromatic rings. The molecule has 71 heavy (non-hydrogen) atoms. The Bertz CT molecular complexity index is 1370. The van der Waals surface area contributed by atoms with Crippen LogP contribution in [-0.2, 0) is 28.6 Å². The number of ether oxygens (including phenoxy) is 3. The number of rotatable bonds is 54. The van der Waals surface area contributed by atoms with Crippen LogP contribution in [0, 0.1) is 0 Å². The highest BCUT2D eigenvalue weighted by Crippen LogP contribution is 2.16. The van der Waals surface area contributed by atoms with Crippen LogP contribution < -0.4 is 0 Å². The Morgan fingerprint density at radius 1 is 0.296 bits per heavy atom. The summed E-state index contributed by atoms with van der Waals surface area (Å²) in [6, 6.07) is 0. The molecule has 0 amide bonds. The predicted molar refractivity (Wildman–Crippen MR) is 307 cm³/mol. The fraction of sp³-hybridized carbons (Fsp3) is 0.738. The van der Waals surface area contributed by atoms with E-state index in [1.54, 1.807) is 0 Å². The molecule has 0 rings (SSSR count). The molecule has 0 aliphatic carbocycles. The minimum absolute atomic E-state index is 0.0924. The Kier molecular flexibility index (Phi) is 56.3. The first kappa shape index (κ1) is 67.6. The summed E-state index contributed by atoms with van der Waals surface area (Å²) in [7, 11) is 0. The van der Waals surface area contributed by atoms with E-state index in [9.17, 15) is 14.4 Å². The summed E-state index contributed by atoms with van der Waals surface area (Å²) in [5.74, 6) is -0.934. The quantitative estimate of drug-likeness (QED) is 0.0261. The van der Waals surface area contributed by atoms with E-state index in [0.29, 0.717) is 19.3 Å². The molecule has 408 valence electrons. The van der Waals surface area contributed by atoms with Crippen LogP contribution in [0.25, 0.3) is 0 Å². The van der Waals surface area contributed by atoms with Gasteiger partial charge in [-0.25, -0.2) is 0 Å².